The van der Waals surface area contributed by atoms with Crippen molar-refractivity contribution < 1.29 is 32.6 Å². The van der Waals surface area contributed by atoms with Crippen molar-refractivity contribution in [2.45, 2.75) is 50.3 Å². The largest absolute Gasteiger partial charge is 0.477 e. The number of rotatable bonds is 9. The second kappa shape index (κ2) is 12.1. The minimum absolute atomic E-state index is 0.0116. The first-order valence-electron chi connectivity index (χ1n) is 16.1. The average molecular weight is 663 g/mol. The number of nitrogens with zero attached hydrogens (tertiary/aromatic N) is 5. The van der Waals surface area contributed by atoms with Crippen molar-refractivity contribution in [3.63, 3.8) is 0 Å². The lowest BCUT2D eigenvalue weighted by atomic mass is 9.69. The summed E-state index contributed by atoms with van der Waals surface area (Å²) in [4.78, 5) is 34.3. The minimum atomic E-state index is -4.47. The zero-order valence-corrected chi connectivity index (χ0v) is 26.8. The highest BCUT2D eigenvalue weighted by molar-refractivity contribution is 6.36. The van der Waals surface area contributed by atoms with Crippen molar-refractivity contribution in [1.82, 2.24) is 15.0 Å². The number of aromatic nitrogens is 3. The van der Waals surface area contributed by atoms with Gasteiger partial charge < -0.3 is 29.5 Å². The Morgan fingerprint density at radius 1 is 1.06 bits per heavy atom. The molecule has 2 N–H and O–H groups in total. The number of pyridine rings is 1. The number of hydrogen-bond acceptors (Lipinski definition) is 8. The molecule has 2 aliphatic heterocycles. The van der Waals surface area contributed by atoms with Crippen LogP contribution in [0.5, 0.6) is 0 Å². The smallest absolute Gasteiger partial charge is 0.416 e. The van der Waals surface area contributed by atoms with Crippen LogP contribution in [-0.4, -0.2) is 77.7 Å². The molecule has 2 aromatic heterocycles. The number of oxime groups is 1. The van der Waals surface area contributed by atoms with Gasteiger partial charge in [-0.15, -0.1) is 0 Å². The van der Waals surface area contributed by atoms with Crippen LogP contribution in [0, 0.1) is 5.41 Å². The normalized spacial score (nSPS) is 18.4. The number of fused-ring (bicyclic) bond motifs is 1. The third-order valence-electron chi connectivity index (χ3n) is 10.0. The van der Waals surface area contributed by atoms with E-state index < -0.39 is 23.3 Å². The molecule has 2 aromatic carbocycles. The van der Waals surface area contributed by atoms with E-state index in [1.165, 1.54) is 6.07 Å². The molecule has 1 saturated carbocycles. The Labute approximate surface area is 275 Å². The van der Waals surface area contributed by atoms with Crippen LogP contribution in [0.3, 0.4) is 0 Å². The van der Waals surface area contributed by atoms with Gasteiger partial charge in [0.2, 0.25) is 0 Å². The van der Waals surface area contributed by atoms with Gasteiger partial charge in [0.25, 0.3) is 0 Å². The van der Waals surface area contributed by atoms with E-state index in [1.54, 1.807) is 13.2 Å². The monoisotopic (exact) mass is 662 g/mol. The fourth-order valence-electron chi connectivity index (χ4n) is 7.24. The van der Waals surface area contributed by atoms with Crippen LogP contribution in [0.2, 0.25) is 0 Å². The predicted molar refractivity (Wildman–Crippen MR) is 176 cm³/mol. The molecule has 0 bridgehead atoms. The summed E-state index contributed by atoms with van der Waals surface area (Å²) in [5, 5.41) is 13.1. The fourth-order valence-corrected chi connectivity index (χ4v) is 7.24. The molecule has 4 aromatic rings. The van der Waals surface area contributed by atoms with Gasteiger partial charge >= 0.3 is 12.1 Å². The number of H-pyrrole nitrogens is 1. The van der Waals surface area contributed by atoms with Gasteiger partial charge in [0.1, 0.15) is 16.9 Å². The Kier molecular flexibility index (Phi) is 8.05. The van der Waals surface area contributed by atoms with Crippen molar-refractivity contribution in [2.24, 2.45) is 10.6 Å². The molecule has 1 saturated heterocycles. The van der Waals surface area contributed by atoms with Gasteiger partial charge in [-0.05, 0) is 55.3 Å². The van der Waals surface area contributed by atoms with E-state index in [9.17, 15) is 23.1 Å². The highest BCUT2D eigenvalue weighted by atomic mass is 19.4. The van der Waals surface area contributed by atoms with Gasteiger partial charge in [0.15, 0.2) is 11.4 Å². The van der Waals surface area contributed by atoms with Gasteiger partial charge in [-0.25, -0.2) is 14.8 Å². The Bertz CT molecular complexity index is 1860. The van der Waals surface area contributed by atoms with Gasteiger partial charge in [0.05, 0.1) is 23.6 Å². The van der Waals surface area contributed by atoms with Gasteiger partial charge in [0, 0.05) is 75.3 Å². The number of alkyl halides is 3. The molecular weight excluding hydrogens is 625 g/mol. The summed E-state index contributed by atoms with van der Waals surface area (Å²) >= 11 is 0. The lowest BCUT2D eigenvalue weighted by molar-refractivity contribution is -0.137. The number of benzene rings is 2. The highest BCUT2D eigenvalue weighted by Crippen LogP contribution is 2.43. The van der Waals surface area contributed by atoms with Crippen LogP contribution in [0.15, 0.2) is 59.8 Å². The Morgan fingerprint density at radius 3 is 2.44 bits per heavy atom. The average Bonchev–Trinajstić information content (AvgIpc) is 3.68. The number of aromatic amines is 1. The maximum absolute atomic E-state index is 13.6. The molecule has 2 fully saturated rings. The van der Waals surface area contributed by atoms with E-state index in [0.717, 1.165) is 54.9 Å². The predicted octanol–water partition coefficient (Wildman–Crippen LogP) is 6.76. The molecule has 1 aliphatic carbocycles. The van der Waals surface area contributed by atoms with Crippen LogP contribution < -0.4 is 9.80 Å². The topological polar surface area (TPSA) is 116 Å². The van der Waals surface area contributed by atoms with Crippen LogP contribution in [-0.2, 0) is 20.5 Å². The molecule has 4 heterocycles. The number of carboxylic acids is 1. The van der Waals surface area contributed by atoms with Crippen LogP contribution in [0.25, 0.3) is 33.8 Å². The second-order valence-corrected chi connectivity index (χ2v) is 13.4. The second-order valence-electron chi connectivity index (χ2n) is 13.4. The van der Waals surface area contributed by atoms with Crippen molar-refractivity contribution in [3.05, 3.63) is 60.2 Å². The first-order valence-corrected chi connectivity index (χ1v) is 16.1. The molecule has 7 rings (SSSR count). The summed E-state index contributed by atoms with van der Waals surface area (Å²) in [6.07, 6.45) is 0.399. The standard InChI is InChI=1S/C35H37F3N6O4/c1-43(20-33(21-47-2)11-4-12-33)28-18-26(23-5-3-6-24(17-23)35(36,37)38)39-31-29(28)40-30(41-31)22-7-9-25(10-8-22)44-15-13-34(14-16-44)19-27(32(45)46)42-48-34/h3,5-10,17-18H,4,11-16,19-21H2,1-2H3,(H,45,46)(H,39,40,41). The van der Waals surface area contributed by atoms with Crippen molar-refractivity contribution in [1.29, 1.82) is 0 Å². The summed E-state index contributed by atoms with van der Waals surface area (Å²) in [5.74, 6) is -0.435. The zero-order valence-electron chi connectivity index (χ0n) is 26.8. The summed E-state index contributed by atoms with van der Waals surface area (Å²) in [7, 11) is 3.70. The Hall–Kier alpha value is -4.65. The van der Waals surface area contributed by atoms with Gasteiger partial charge in [-0.3, -0.25) is 0 Å². The maximum atomic E-state index is 13.6. The third-order valence-corrected chi connectivity index (χ3v) is 10.0. The van der Waals surface area contributed by atoms with Crippen molar-refractivity contribution in [3.8, 4) is 22.6 Å². The maximum Gasteiger partial charge on any atom is 0.416 e. The van der Waals surface area contributed by atoms with Gasteiger partial charge in [-0.1, -0.05) is 23.7 Å². The fraction of sp³-hybridized carbons (Fsp3) is 0.429. The van der Waals surface area contributed by atoms with E-state index in [-0.39, 0.29) is 11.1 Å². The van der Waals surface area contributed by atoms with E-state index in [0.29, 0.717) is 67.2 Å². The highest BCUT2D eigenvalue weighted by Gasteiger charge is 2.44. The van der Waals surface area contributed by atoms with E-state index in [4.69, 9.17) is 19.5 Å². The molecule has 252 valence electrons. The summed E-state index contributed by atoms with van der Waals surface area (Å²) < 4.78 is 46.4. The first-order chi connectivity index (χ1) is 23.0. The number of carbonyl (C=O) groups is 1. The van der Waals surface area contributed by atoms with Crippen LogP contribution >= 0.6 is 0 Å². The summed E-state index contributed by atoms with van der Waals surface area (Å²) in [5.41, 5.74) is 3.37. The molecule has 0 amide bonds. The van der Waals surface area contributed by atoms with Crippen molar-refractivity contribution in [2.75, 3.05) is 50.2 Å². The number of halogens is 3. The molecule has 0 unspecified atom stereocenters. The van der Waals surface area contributed by atoms with E-state index >= 15 is 0 Å². The molecule has 3 aliphatic rings. The molecule has 10 nitrogen and oxygen atoms in total. The molecule has 48 heavy (non-hydrogen) atoms. The quantitative estimate of drug-likeness (QED) is 0.202. The Balaban J connectivity index is 1.17. The number of anilines is 2. The number of piperidine rings is 1. The van der Waals surface area contributed by atoms with Crippen LogP contribution in [0.1, 0.15) is 44.1 Å². The lowest BCUT2D eigenvalue weighted by Gasteiger charge is -2.44. The first kappa shape index (κ1) is 31.9. The number of aliphatic carboxylic acids is 1. The Morgan fingerprint density at radius 2 is 1.81 bits per heavy atom. The number of hydrogen-bond donors (Lipinski definition) is 2. The number of nitrogens with one attached hydrogen (secondary N) is 1. The molecular formula is C35H37F3N6O4. The number of carboxylic acid groups (broad SMARTS) is 1. The number of ether oxygens (including phenoxy) is 1. The zero-order chi connectivity index (χ0) is 33.7. The third kappa shape index (κ3) is 6.07. The molecule has 1 spiro atoms. The number of methoxy groups -OCH3 is 1. The SMILES string of the molecule is COCC1(CN(C)c2cc(-c3cccc(C(F)(F)F)c3)nc3nc(-c4ccc(N5CCC6(CC5)CC(C(=O)O)=NO6)cc4)[nH]c23)CCC1. The molecule has 0 radical (unpaired) electrons. The van der Waals surface area contributed by atoms with Crippen LogP contribution in [0.4, 0.5) is 24.5 Å². The summed E-state index contributed by atoms with van der Waals surface area (Å²) in [6, 6.07) is 15.1. The number of imidazole rings is 1. The minimum Gasteiger partial charge on any atom is -0.477 e. The van der Waals surface area contributed by atoms with E-state index in [1.807, 2.05) is 37.4 Å². The molecule has 0 atom stereocenters. The van der Waals surface area contributed by atoms with E-state index in [2.05, 4.69) is 19.9 Å². The molecule has 13 heteroatoms. The van der Waals surface area contributed by atoms with Crippen molar-refractivity contribution >= 4 is 34.2 Å². The summed E-state index contributed by atoms with van der Waals surface area (Å²) in [6.45, 7) is 2.76. The lowest BCUT2D eigenvalue weighted by Crippen LogP contribution is -2.45. The van der Waals surface area contributed by atoms with Gasteiger partial charge in [-0.2, -0.15) is 13.2 Å².